The summed E-state index contributed by atoms with van der Waals surface area (Å²) < 4.78 is 6.13. The summed E-state index contributed by atoms with van der Waals surface area (Å²) in [6.45, 7) is -0.491. The number of anilines is 2. The van der Waals surface area contributed by atoms with Crippen LogP contribution in [0.4, 0.5) is 11.5 Å². The van der Waals surface area contributed by atoms with Crippen molar-refractivity contribution in [1.82, 2.24) is 9.55 Å². The van der Waals surface area contributed by atoms with Crippen LogP contribution >= 0.6 is 0 Å². The van der Waals surface area contributed by atoms with Crippen LogP contribution in [0.3, 0.4) is 0 Å². The van der Waals surface area contributed by atoms with Gasteiger partial charge in [-0.05, 0) is 0 Å². The molecule has 0 radical (unpaired) electrons. The summed E-state index contributed by atoms with van der Waals surface area (Å²) in [4.78, 5) is 15.3. The molecule has 106 valence electrons. The third-order valence-corrected chi connectivity index (χ3v) is 2.91. The Balaban J connectivity index is 2.38. The van der Waals surface area contributed by atoms with E-state index in [1.807, 2.05) is 0 Å². The van der Waals surface area contributed by atoms with E-state index in [2.05, 4.69) is 10.4 Å². The van der Waals surface area contributed by atoms with Crippen LogP contribution < -0.4 is 22.7 Å². The van der Waals surface area contributed by atoms with Crippen LogP contribution in [-0.2, 0) is 4.74 Å². The molecule has 10 heteroatoms. The van der Waals surface area contributed by atoms with Crippen LogP contribution in [0.5, 0.6) is 0 Å². The number of nitrogens with zero attached hydrogens (tertiary/aromatic N) is 2. The highest BCUT2D eigenvalue weighted by molar-refractivity contribution is 5.58. The number of nitrogens with two attached hydrogens (primary N) is 2. The summed E-state index contributed by atoms with van der Waals surface area (Å²) in [5, 5.41) is 28.4. The molecule has 19 heavy (non-hydrogen) atoms. The van der Waals surface area contributed by atoms with Crippen LogP contribution in [0, 0.1) is 0 Å². The molecule has 1 aliphatic rings. The second-order valence-electron chi connectivity index (χ2n) is 4.11. The third kappa shape index (κ3) is 2.27. The van der Waals surface area contributed by atoms with E-state index in [0.717, 1.165) is 4.57 Å². The number of nitrogens with one attached hydrogen (secondary N) is 1. The Morgan fingerprint density at radius 3 is 2.68 bits per heavy atom. The first kappa shape index (κ1) is 13.7. The second kappa shape index (κ2) is 5.11. The lowest BCUT2D eigenvalue weighted by molar-refractivity contribution is -0.0548. The van der Waals surface area contributed by atoms with E-state index in [4.69, 9.17) is 21.4 Å². The first-order chi connectivity index (χ1) is 8.99. The molecule has 10 nitrogen and oxygen atoms in total. The van der Waals surface area contributed by atoms with Gasteiger partial charge in [-0.1, -0.05) is 0 Å². The molecule has 8 N–H and O–H groups in total. The number of hydrogen-bond acceptors (Lipinski definition) is 9. The monoisotopic (exact) mass is 273 g/mol. The number of rotatable bonds is 3. The minimum absolute atomic E-state index is 0.00649. The van der Waals surface area contributed by atoms with E-state index in [9.17, 15) is 15.0 Å². The van der Waals surface area contributed by atoms with Crippen LogP contribution in [-0.4, -0.2) is 49.8 Å². The number of hydrogen-bond donors (Lipinski definition) is 6. The van der Waals surface area contributed by atoms with Gasteiger partial charge in [-0.2, -0.15) is 4.98 Å². The number of hydrazine groups is 1. The van der Waals surface area contributed by atoms with Crippen molar-refractivity contribution in [3.63, 3.8) is 0 Å². The average Bonchev–Trinajstić information content (AvgIpc) is 2.68. The van der Waals surface area contributed by atoms with Crippen LogP contribution in [0.1, 0.15) is 6.23 Å². The molecule has 1 aliphatic heterocycles. The zero-order chi connectivity index (χ0) is 14.2. The van der Waals surface area contributed by atoms with Crippen LogP contribution in [0.15, 0.2) is 11.0 Å². The van der Waals surface area contributed by atoms with E-state index in [0.29, 0.717) is 0 Å². The number of aliphatic hydroxyl groups is 3. The summed E-state index contributed by atoms with van der Waals surface area (Å²) in [5.41, 5.74) is 7.06. The van der Waals surface area contributed by atoms with Gasteiger partial charge in [0, 0.05) is 6.20 Å². The second-order valence-corrected chi connectivity index (χ2v) is 4.11. The first-order valence-corrected chi connectivity index (χ1v) is 5.47. The summed E-state index contributed by atoms with van der Waals surface area (Å²) in [5.74, 6) is 5.12. The zero-order valence-electron chi connectivity index (χ0n) is 9.80. The number of aromatic nitrogens is 2. The van der Waals surface area contributed by atoms with Gasteiger partial charge < -0.3 is 31.2 Å². The minimum atomic E-state index is -1.38. The van der Waals surface area contributed by atoms with Gasteiger partial charge in [-0.3, -0.25) is 4.57 Å². The first-order valence-electron chi connectivity index (χ1n) is 5.47. The van der Waals surface area contributed by atoms with Crippen molar-refractivity contribution in [3.05, 3.63) is 16.7 Å². The van der Waals surface area contributed by atoms with Gasteiger partial charge in [0.05, 0.1) is 12.3 Å². The van der Waals surface area contributed by atoms with Gasteiger partial charge in [0.2, 0.25) is 0 Å². The molecule has 0 aromatic carbocycles. The lowest BCUT2D eigenvalue weighted by Gasteiger charge is -2.18. The fourth-order valence-corrected chi connectivity index (χ4v) is 1.89. The molecule has 0 amide bonds. The van der Waals surface area contributed by atoms with Crippen LogP contribution in [0.25, 0.3) is 0 Å². The lowest BCUT2D eigenvalue weighted by atomic mass is 10.1. The van der Waals surface area contributed by atoms with E-state index < -0.39 is 36.8 Å². The maximum absolute atomic E-state index is 11.8. The Kier molecular flexibility index (Phi) is 3.68. The maximum Gasteiger partial charge on any atom is 0.351 e. The molecule has 1 aromatic heterocycles. The normalized spacial score (nSPS) is 30.5. The number of aliphatic hydroxyl groups excluding tert-OH is 3. The average molecular weight is 273 g/mol. The van der Waals surface area contributed by atoms with Crippen LogP contribution in [0.2, 0.25) is 0 Å². The van der Waals surface area contributed by atoms with Gasteiger partial charge in [0.25, 0.3) is 0 Å². The standard InChI is InChI=1S/C9H15N5O5/c10-3-1-14(9(18)12-7(3)13-11)8-6(17)5(16)4(2-15)19-8/h1,4-6,8,15-17H,2,10-11H2,(H,12,13,18)/t4-,5?,6?,8-/m1/s1. The summed E-state index contributed by atoms with van der Waals surface area (Å²) in [7, 11) is 0. The highest BCUT2D eigenvalue weighted by Gasteiger charge is 2.43. The fourth-order valence-electron chi connectivity index (χ4n) is 1.89. The summed E-state index contributed by atoms with van der Waals surface area (Å²) in [6, 6.07) is 0. The SMILES string of the molecule is NNc1nc(=O)n([C@@H]2O[C@H](CO)C(O)C2O)cc1N. The Labute approximate surface area is 107 Å². The molecule has 2 unspecified atom stereocenters. The van der Waals surface area contributed by atoms with Crippen molar-refractivity contribution in [2.75, 3.05) is 17.8 Å². The molecular formula is C9H15N5O5. The molecule has 0 aliphatic carbocycles. The Morgan fingerprint density at radius 2 is 2.16 bits per heavy atom. The molecular weight excluding hydrogens is 258 g/mol. The largest absolute Gasteiger partial charge is 0.394 e. The molecule has 2 heterocycles. The summed E-state index contributed by atoms with van der Waals surface area (Å²) in [6.07, 6.45) is -3.67. The van der Waals surface area contributed by atoms with Crippen molar-refractivity contribution >= 4 is 11.5 Å². The quantitative estimate of drug-likeness (QED) is 0.244. The fraction of sp³-hybridized carbons (Fsp3) is 0.556. The van der Waals surface area contributed by atoms with Crippen molar-refractivity contribution in [2.24, 2.45) is 5.84 Å². The van der Waals surface area contributed by atoms with Crippen molar-refractivity contribution < 1.29 is 20.1 Å². The zero-order valence-corrected chi connectivity index (χ0v) is 9.80. The van der Waals surface area contributed by atoms with Crippen molar-refractivity contribution in [2.45, 2.75) is 24.5 Å². The minimum Gasteiger partial charge on any atom is -0.394 e. The van der Waals surface area contributed by atoms with E-state index >= 15 is 0 Å². The van der Waals surface area contributed by atoms with E-state index in [-0.39, 0.29) is 11.5 Å². The molecule has 4 atom stereocenters. The van der Waals surface area contributed by atoms with Crippen molar-refractivity contribution in [1.29, 1.82) is 0 Å². The summed E-state index contributed by atoms with van der Waals surface area (Å²) >= 11 is 0. The smallest absolute Gasteiger partial charge is 0.351 e. The highest BCUT2D eigenvalue weighted by atomic mass is 16.6. The number of nitrogen functional groups attached to an aromatic ring is 2. The topological polar surface area (TPSA) is 169 Å². The predicted octanol–water partition coefficient (Wildman–Crippen LogP) is -3.28. The van der Waals surface area contributed by atoms with E-state index in [1.165, 1.54) is 6.20 Å². The molecule has 0 spiro atoms. The lowest BCUT2D eigenvalue weighted by Crippen LogP contribution is -2.36. The molecule has 0 saturated carbocycles. The Hall–Kier alpha value is -1.72. The molecule has 0 bridgehead atoms. The predicted molar refractivity (Wildman–Crippen MR) is 63.7 cm³/mol. The Morgan fingerprint density at radius 1 is 1.47 bits per heavy atom. The molecule has 2 rings (SSSR count). The maximum atomic E-state index is 11.8. The third-order valence-electron chi connectivity index (χ3n) is 2.91. The van der Waals surface area contributed by atoms with Gasteiger partial charge >= 0.3 is 5.69 Å². The molecule has 1 fully saturated rings. The molecule has 1 aromatic rings. The van der Waals surface area contributed by atoms with Gasteiger partial charge in [0.15, 0.2) is 12.0 Å². The van der Waals surface area contributed by atoms with Gasteiger partial charge in [-0.15, -0.1) is 0 Å². The van der Waals surface area contributed by atoms with Gasteiger partial charge in [-0.25, -0.2) is 10.6 Å². The van der Waals surface area contributed by atoms with Crippen molar-refractivity contribution in [3.8, 4) is 0 Å². The molecule has 1 saturated heterocycles. The highest BCUT2D eigenvalue weighted by Crippen LogP contribution is 2.28. The number of ether oxygens (including phenoxy) is 1. The van der Waals surface area contributed by atoms with E-state index in [1.54, 1.807) is 0 Å². The van der Waals surface area contributed by atoms with Gasteiger partial charge in [0.1, 0.15) is 18.3 Å². The Bertz CT molecular complexity index is 520.